The monoisotopic (exact) mass is 241 g/mol. The maximum absolute atomic E-state index is 12.1. The van der Waals surface area contributed by atoms with Crippen LogP contribution >= 0.6 is 12.0 Å². The van der Waals surface area contributed by atoms with Crippen molar-refractivity contribution in [2.24, 2.45) is 5.92 Å². The maximum Gasteiger partial charge on any atom is 0.158 e. The number of carbonyl (C=O) groups is 1. The number of ketones is 1. The Morgan fingerprint density at radius 3 is 2.88 bits per heavy atom. The maximum atomic E-state index is 12.1. The van der Waals surface area contributed by atoms with Crippen molar-refractivity contribution >= 4 is 17.8 Å². The molecule has 1 fully saturated rings. The number of nitrogens with one attached hydrogen (secondary N) is 1. The second-order valence-electron chi connectivity index (χ2n) is 4.64. The van der Waals surface area contributed by atoms with E-state index < -0.39 is 0 Å². The van der Waals surface area contributed by atoms with Crippen LogP contribution in [0.3, 0.4) is 0 Å². The van der Waals surface area contributed by atoms with Crippen LogP contribution in [0.2, 0.25) is 0 Å². The van der Waals surface area contributed by atoms with Crippen molar-refractivity contribution in [1.82, 2.24) is 5.32 Å². The predicted molar refractivity (Wildman–Crippen MR) is 66.3 cm³/mol. The van der Waals surface area contributed by atoms with Gasteiger partial charge >= 0.3 is 0 Å². The minimum Gasteiger partial charge on any atom is -0.378 e. The standard InChI is InChI=1S/C12H19NO2S/c14-12(9-4-3-5-9)11(8-16-15)13-10-6-1-2-7-10/h6,9,11,13,15H,1-5,7-8H2. The fourth-order valence-corrected chi connectivity index (χ4v) is 2.67. The quantitative estimate of drug-likeness (QED) is 0.702. The smallest absolute Gasteiger partial charge is 0.158 e. The second-order valence-corrected chi connectivity index (χ2v) is 5.24. The first-order valence-electron chi connectivity index (χ1n) is 6.07. The van der Waals surface area contributed by atoms with Crippen molar-refractivity contribution < 1.29 is 9.35 Å². The van der Waals surface area contributed by atoms with Gasteiger partial charge < -0.3 is 9.87 Å². The van der Waals surface area contributed by atoms with E-state index in [9.17, 15) is 4.79 Å². The third kappa shape index (κ3) is 2.80. The van der Waals surface area contributed by atoms with E-state index in [1.54, 1.807) is 0 Å². The Balaban J connectivity index is 1.89. The summed E-state index contributed by atoms with van der Waals surface area (Å²) in [4.78, 5) is 12.1. The van der Waals surface area contributed by atoms with Gasteiger partial charge in [-0.2, -0.15) is 0 Å². The van der Waals surface area contributed by atoms with E-state index in [0.717, 1.165) is 37.7 Å². The van der Waals surface area contributed by atoms with Crippen LogP contribution in [-0.4, -0.2) is 22.1 Å². The molecule has 0 aromatic heterocycles. The highest BCUT2D eigenvalue weighted by molar-refractivity contribution is 7.93. The zero-order chi connectivity index (χ0) is 11.4. The molecule has 0 aromatic carbocycles. The third-order valence-corrected chi connectivity index (χ3v) is 3.98. The number of Topliss-reactive ketones (excluding diaryl/α,β-unsaturated/α-hetero) is 1. The number of carbonyl (C=O) groups excluding carboxylic acids is 1. The van der Waals surface area contributed by atoms with Gasteiger partial charge in [-0.05, 0) is 44.1 Å². The van der Waals surface area contributed by atoms with Crippen LogP contribution < -0.4 is 5.32 Å². The first-order chi connectivity index (χ1) is 7.81. The van der Waals surface area contributed by atoms with Crippen molar-refractivity contribution in [2.75, 3.05) is 5.75 Å². The van der Waals surface area contributed by atoms with E-state index in [2.05, 4.69) is 11.4 Å². The molecule has 2 aliphatic rings. The van der Waals surface area contributed by atoms with Gasteiger partial charge in [0.25, 0.3) is 0 Å². The number of allylic oxidation sites excluding steroid dienone is 2. The highest BCUT2D eigenvalue weighted by Gasteiger charge is 2.31. The molecule has 2 rings (SSSR count). The van der Waals surface area contributed by atoms with Crippen LogP contribution in [0.4, 0.5) is 0 Å². The molecule has 4 heteroatoms. The summed E-state index contributed by atoms with van der Waals surface area (Å²) < 4.78 is 8.94. The van der Waals surface area contributed by atoms with Gasteiger partial charge in [0.1, 0.15) is 0 Å². The summed E-state index contributed by atoms with van der Waals surface area (Å²) >= 11 is 0.763. The fourth-order valence-electron chi connectivity index (χ4n) is 2.27. The van der Waals surface area contributed by atoms with E-state index >= 15 is 0 Å². The van der Waals surface area contributed by atoms with E-state index in [4.69, 9.17) is 4.55 Å². The average Bonchev–Trinajstić information content (AvgIpc) is 2.67. The van der Waals surface area contributed by atoms with Gasteiger partial charge in [-0.1, -0.05) is 12.5 Å². The highest BCUT2D eigenvalue weighted by Crippen LogP contribution is 2.29. The van der Waals surface area contributed by atoms with Gasteiger partial charge in [-0.25, -0.2) is 0 Å². The summed E-state index contributed by atoms with van der Waals surface area (Å²) in [7, 11) is 0. The van der Waals surface area contributed by atoms with Gasteiger partial charge in [-0.3, -0.25) is 4.79 Å². The van der Waals surface area contributed by atoms with Crippen molar-refractivity contribution in [1.29, 1.82) is 0 Å². The Hall–Kier alpha value is -0.480. The molecular formula is C12H19NO2S. The summed E-state index contributed by atoms with van der Waals surface area (Å²) in [5.41, 5.74) is 1.19. The van der Waals surface area contributed by atoms with Gasteiger partial charge in [0.05, 0.1) is 6.04 Å². The first kappa shape index (κ1) is 12.0. The summed E-state index contributed by atoms with van der Waals surface area (Å²) in [5.74, 6) is 0.999. The molecule has 16 heavy (non-hydrogen) atoms. The fraction of sp³-hybridized carbons (Fsp3) is 0.750. The van der Waals surface area contributed by atoms with Gasteiger partial charge in [-0.15, -0.1) is 0 Å². The molecule has 0 radical (unpaired) electrons. The van der Waals surface area contributed by atoms with Crippen LogP contribution in [0.5, 0.6) is 0 Å². The number of rotatable bonds is 6. The molecule has 0 amide bonds. The topological polar surface area (TPSA) is 49.3 Å². The Labute approximate surface area is 101 Å². The zero-order valence-electron chi connectivity index (χ0n) is 9.45. The van der Waals surface area contributed by atoms with E-state index in [1.807, 2.05) is 0 Å². The number of hydrogen-bond acceptors (Lipinski definition) is 4. The molecule has 0 saturated heterocycles. The van der Waals surface area contributed by atoms with Gasteiger partial charge in [0, 0.05) is 17.4 Å². The molecule has 1 unspecified atom stereocenters. The lowest BCUT2D eigenvalue weighted by molar-refractivity contribution is -0.126. The lowest BCUT2D eigenvalue weighted by atomic mass is 9.80. The SMILES string of the molecule is O=C(C1CCC1)C(CSO)NC1=CCCC1. The normalized spacial score (nSPS) is 22.4. The molecule has 0 heterocycles. The van der Waals surface area contributed by atoms with Crippen LogP contribution in [0.15, 0.2) is 11.8 Å². The summed E-state index contributed by atoms with van der Waals surface area (Å²) in [6, 6.07) is -0.190. The average molecular weight is 241 g/mol. The van der Waals surface area contributed by atoms with E-state index in [1.165, 1.54) is 18.5 Å². The summed E-state index contributed by atoms with van der Waals surface area (Å²) in [6.07, 6.45) is 8.75. The number of hydrogen-bond donors (Lipinski definition) is 2. The van der Waals surface area contributed by atoms with Gasteiger partial charge in [0.15, 0.2) is 5.78 Å². The lowest BCUT2D eigenvalue weighted by Gasteiger charge is -2.29. The predicted octanol–water partition coefficient (Wildman–Crippen LogP) is 2.59. The zero-order valence-corrected chi connectivity index (χ0v) is 10.3. The van der Waals surface area contributed by atoms with Crippen LogP contribution in [0, 0.1) is 5.92 Å². The molecule has 90 valence electrons. The van der Waals surface area contributed by atoms with Crippen molar-refractivity contribution in [3.05, 3.63) is 11.8 Å². The van der Waals surface area contributed by atoms with Crippen LogP contribution in [0.25, 0.3) is 0 Å². The van der Waals surface area contributed by atoms with Gasteiger partial charge in [0.2, 0.25) is 0 Å². The van der Waals surface area contributed by atoms with Crippen LogP contribution in [0.1, 0.15) is 38.5 Å². The summed E-state index contributed by atoms with van der Waals surface area (Å²) in [5, 5.41) is 3.30. The molecule has 3 nitrogen and oxygen atoms in total. The Morgan fingerprint density at radius 2 is 2.38 bits per heavy atom. The molecule has 0 aliphatic heterocycles. The van der Waals surface area contributed by atoms with E-state index in [-0.39, 0.29) is 12.0 Å². The molecule has 1 atom stereocenters. The third-order valence-electron chi connectivity index (χ3n) is 3.49. The first-order valence-corrected chi connectivity index (χ1v) is 7.01. The molecule has 0 bridgehead atoms. The van der Waals surface area contributed by atoms with Crippen molar-refractivity contribution in [2.45, 2.75) is 44.6 Å². The molecule has 1 saturated carbocycles. The Morgan fingerprint density at radius 1 is 1.56 bits per heavy atom. The van der Waals surface area contributed by atoms with E-state index in [0.29, 0.717) is 11.5 Å². The molecule has 2 aliphatic carbocycles. The van der Waals surface area contributed by atoms with Crippen molar-refractivity contribution in [3.63, 3.8) is 0 Å². The Bertz CT molecular complexity index is 287. The molecule has 0 spiro atoms. The molecule has 2 N–H and O–H groups in total. The van der Waals surface area contributed by atoms with Crippen molar-refractivity contribution in [3.8, 4) is 0 Å². The highest BCUT2D eigenvalue weighted by atomic mass is 32.2. The Kier molecular flexibility index (Phi) is 4.29. The minimum atomic E-state index is -0.190. The summed E-state index contributed by atoms with van der Waals surface area (Å²) in [6.45, 7) is 0. The molecular weight excluding hydrogens is 222 g/mol. The lowest BCUT2D eigenvalue weighted by Crippen LogP contribution is -2.43. The largest absolute Gasteiger partial charge is 0.378 e. The van der Waals surface area contributed by atoms with Crippen LogP contribution in [-0.2, 0) is 4.79 Å². The molecule has 0 aromatic rings. The minimum absolute atomic E-state index is 0.190. The second kappa shape index (κ2) is 5.73.